The summed E-state index contributed by atoms with van der Waals surface area (Å²) >= 11 is 11.7. The molecule has 4 nitrogen and oxygen atoms in total. The molecule has 0 aliphatic carbocycles. The average molecular weight is 299 g/mol. The van der Waals surface area contributed by atoms with Crippen LogP contribution in [-0.2, 0) is 9.59 Å². The second-order valence-corrected chi connectivity index (χ2v) is 4.54. The normalized spacial score (nSPS) is 11.5. The third-order valence-corrected chi connectivity index (χ3v) is 3.00. The van der Waals surface area contributed by atoms with E-state index in [1.54, 1.807) is 30.4 Å². The fourth-order valence-electron chi connectivity index (χ4n) is 1.40. The van der Waals surface area contributed by atoms with E-state index in [2.05, 4.69) is 0 Å². The van der Waals surface area contributed by atoms with Crippen LogP contribution in [0.15, 0.2) is 42.5 Å². The number of rotatable bonds is 5. The molecule has 0 unspecified atom stereocenters. The lowest BCUT2D eigenvalue weighted by Gasteiger charge is -2.09. The van der Waals surface area contributed by atoms with E-state index in [1.165, 1.54) is 12.2 Å². The Labute approximate surface area is 120 Å². The van der Waals surface area contributed by atoms with Gasteiger partial charge in [-0.1, -0.05) is 41.4 Å². The van der Waals surface area contributed by atoms with E-state index < -0.39 is 11.8 Å². The van der Waals surface area contributed by atoms with Gasteiger partial charge in [-0.15, -0.1) is 0 Å². The minimum atomic E-state index is -0.586. The highest BCUT2D eigenvalue weighted by Crippen LogP contribution is 2.27. The molecule has 100 valence electrons. The van der Waals surface area contributed by atoms with Crippen LogP contribution < -0.4 is 11.5 Å². The molecule has 2 amide bonds. The molecule has 0 atom stereocenters. The number of carbonyl (C=O) groups excluding carboxylic acids is 2. The Morgan fingerprint density at radius 3 is 1.95 bits per heavy atom. The predicted octanol–water partition coefficient (Wildman–Crippen LogP) is 2.16. The summed E-state index contributed by atoms with van der Waals surface area (Å²) in [7, 11) is 0. The van der Waals surface area contributed by atoms with Gasteiger partial charge in [-0.2, -0.15) is 0 Å². The van der Waals surface area contributed by atoms with Crippen molar-refractivity contribution in [3.63, 3.8) is 0 Å². The molecule has 0 radical (unpaired) electrons. The first kappa shape index (κ1) is 15.3. The monoisotopic (exact) mass is 298 g/mol. The number of primary amides is 2. The molecule has 0 saturated heterocycles. The number of nitrogens with two attached hydrogens (primary N) is 2. The van der Waals surface area contributed by atoms with Gasteiger partial charge in [0.05, 0.1) is 10.0 Å². The van der Waals surface area contributed by atoms with Crippen LogP contribution in [0, 0.1) is 0 Å². The van der Waals surface area contributed by atoms with Crippen molar-refractivity contribution in [3.8, 4) is 0 Å². The van der Waals surface area contributed by atoms with Gasteiger partial charge >= 0.3 is 0 Å². The fourth-order valence-corrected chi connectivity index (χ4v) is 1.71. The zero-order chi connectivity index (χ0) is 14.4. The topological polar surface area (TPSA) is 86.2 Å². The molecule has 1 aromatic carbocycles. The lowest BCUT2D eigenvalue weighted by Crippen LogP contribution is -2.08. The second-order valence-electron chi connectivity index (χ2n) is 3.72. The van der Waals surface area contributed by atoms with E-state index in [9.17, 15) is 9.59 Å². The van der Waals surface area contributed by atoms with Crippen molar-refractivity contribution >= 4 is 35.0 Å². The van der Waals surface area contributed by atoms with Crippen molar-refractivity contribution in [1.29, 1.82) is 0 Å². The van der Waals surface area contributed by atoms with E-state index in [0.29, 0.717) is 10.0 Å². The van der Waals surface area contributed by atoms with Crippen molar-refractivity contribution in [1.82, 2.24) is 0 Å². The zero-order valence-corrected chi connectivity index (χ0v) is 11.4. The molecule has 19 heavy (non-hydrogen) atoms. The zero-order valence-electron chi connectivity index (χ0n) is 9.85. The van der Waals surface area contributed by atoms with Crippen molar-refractivity contribution in [2.45, 2.75) is 5.92 Å². The molecule has 0 saturated carbocycles. The summed E-state index contributed by atoms with van der Waals surface area (Å²) in [6.07, 6.45) is 5.50. The molecule has 0 aliphatic heterocycles. The van der Waals surface area contributed by atoms with Crippen molar-refractivity contribution in [2.75, 3.05) is 0 Å². The largest absolute Gasteiger partial charge is 0.366 e. The highest BCUT2D eigenvalue weighted by Gasteiger charge is 2.08. The third kappa shape index (κ3) is 5.16. The summed E-state index contributed by atoms with van der Waals surface area (Å²) in [6.45, 7) is 0. The van der Waals surface area contributed by atoms with Crippen LogP contribution in [0.2, 0.25) is 10.0 Å². The van der Waals surface area contributed by atoms with Crippen LogP contribution in [0.3, 0.4) is 0 Å². The number of halogens is 2. The standard InChI is InChI=1S/C13H12Cl2N2O2/c14-10-4-1-9(7-11(10)15)8(2-5-12(16)18)3-6-13(17)19/h1-8H,(H2,16,18)(H2,17,19)/b5-2+,6-3+. The molecule has 0 bridgehead atoms. The van der Waals surface area contributed by atoms with E-state index in [0.717, 1.165) is 5.56 Å². The summed E-state index contributed by atoms with van der Waals surface area (Å²) in [4.78, 5) is 21.5. The summed E-state index contributed by atoms with van der Waals surface area (Å²) in [5, 5.41) is 0.797. The summed E-state index contributed by atoms with van der Waals surface area (Å²) in [5.41, 5.74) is 10.8. The fraction of sp³-hybridized carbons (Fsp3) is 0.0769. The average Bonchev–Trinajstić information content (AvgIpc) is 2.32. The molecule has 0 spiro atoms. The van der Waals surface area contributed by atoms with Crippen LogP contribution >= 0.6 is 23.2 Å². The van der Waals surface area contributed by atoms with E-state index >= 15 is 0 Å². The van der Waals surface area contributed by atoms with Gasteiger partial charge in [0.25, 0.3) is 0 Å². The maximum absolute atomic E-state index is 10.8. The molecule has 0 aliphatic rings. The maximum Gasteiger partial charge on any atom is 0.241 e. The summed E-state index contributed by atoms with van der Waals surface area (Å²) < 4.78 is 0. The van der Waals surface area contributed by atoms with Crippen LogP contribution in [0.1, 0.15) is 11.5 Å². The second kappa shape index (κ2) is 6.97. The number of hydrogen-bond acceptors (Lipinski definition) is 2. The first-order chi connectivity index (χ1) is 8.90. The minimum Gasteiger partial charge on any atom is -0.366 e. The SMILES string of the molecule is NC(=O)/C=C/C(/C=C/C(N)=O)c1ccc(Cl)c(Cl)c1. The van der Waals surface area contributed by atoms with Gasteiger partial charge in [0.1, 0.15) is 0 Å². The van der Waals surface area contributed by atoms with Crippen molar-refractivity contribution in [3.05, 3.63) is 58.1 Å². The minimum absolute atomic E-state index is 0.352. The summed E-state index contributed by atoms with van der Waals surface area (Å²) in [5.74, 6) is -1.52. The number of amides is 2. The first-order valence-corrected chi connectivity index (χ1v) is 6.06. The summed E-state index contributed by atoms with van der Waals surface area (Å²) in [6, 6.07) is 5.00. The van der Waals surface area contributed by atoms with E-state index in [1.807, 2.05) is 0 Å². The van der Waals surface area contributed by atoms with E-state index in [4.69, 9.17) is 34.7 Å². The number of allylic oxidation sites excluding steroid dienone is 2. The Kier molecular flexibility index (Phi) is 5.60. The Morgan fingerprint density at radius 1 is 1.00 bits per heavy atom. The smallest absolute Gasteiger partial charge is 0.241 e. The quantitative estimate of drug-likeness (QED) is 0.816. The van der Waals surface area contributed by atoms with Crippen LogP contribution in [-0.4, -0.2) is 11.8 Å². The molecular weight excluding hydrogens is 287 g/mol. The lowest BCUT2D eigenvalue weighted by molar-refractivity contribution is -0.114. The van der Waals surface area contributed by atoms with Crippen LogP contribution in [0.5, 0.6) is 0 Å². The highest BCUT2D eigenvalue weighted by atomic mass is 35.5. The molecule has 6 heteroatoms. The molecule has 0 fully saturated rings. The van der Waals surface area contributed by atoms with E-state index in [-0.39, 0.29) is 5.92 Å². The van der Waals surface area contributed by atoms with Crippen LogP contribution in [0.4, 0.5) is 0 Å². The van der Waals surface area contributed by atoms with Gasteiger partial charge in [-0.25, -0.2) is 0 Å². The van der Waals surface area contributed by atoms with Gasteiger partial charge in [-0.05, 0) is 29.8 Å². The molecule has 1 aromatic rings. The van der Waals surface area contributed by atoms with Gasteiger partial charge in [-0.3, -0.25) is 9.59 Å². The Balaban J connectivity index is 3.10. The van der Waals surface area contributed by atoms with Gasteiger partial charge in [0.15, 0.2) is 0 Å². The Morgan fingerprint density at radius 2 is 1.53 bits per heavy atom. The van der Waals surface area contributed by atoms with Crippen LogP contribution in [0.25, 0.3) is 0 Å². The number of benzene rings is 1. The molecule has 0 heterocycles. The first-order valence-electron chi connectivity index (χ1n) is 5.30. The highest BCUT2D eigenvalue weighted by molar-refractivity contribution is 6.42. The molecular formula is C13H12Cl2N2O2. The molecule has 4 N–H and O–H groups in total. The number of hydrogen-bond donors (Lipinski definition) is 2. The van der Waals surface area contributed by atoms with Crippen molar-refractivity contribution in [2.24, 2.45) is 11.5 Å². The third-order valence-electron chi connectivity index (χ3n) is 2.26. The number of carbonyl (C=O) groups is 2. The van der Waals surface area contributed by atoms with Crippen molar-refractivity contribution < 1.29 is 9.59 Å². The van der Waals surface area contributed by atoms with Gasteiger partial charge < -0.3 is 11.5 Å². The molecule has 0 aromatic heterocycles. The Bertz CT molecular complexity index is 530. The lowest BCUT2D eigenvalue weighted by atomic mass is 9.98. The maximum atomic E-state index is 10.8. The predicted molar refractivity (Wildman–Crippen MR) is 75.9 cm³/mol. The Hall–Kier alpha value is -1.78. The molecule has 1 rings (SSSR count). The van der Waals surface area contributed by atoms with Gasteiger partial charge in [0.2, 0.25) is 11.8 Å². The van der Waals surface area contributed by atoms with Gasteiger partial charge in [0, 0.05) is 5.92 Å².